The topological polar surface area (TPSA) is 45.9 Å². The first-order valence-corrected chi connectivity index (χ1v) is 6.28. The first-order valence-electron chi connectivity index (χ1n) is 6.28. The van der Waals surface area contributed by atoms with Crippen molar-refractivity contribution in [3.8, 4) is 11.9 Å². The number of nitrogens with zero attached hydrogens (tertiary/aromatic N) is 2. The van der Waals surface area contributed by atoms with E-state index in [4.69, 9.17) is 10.00 Å². The van der Waals surface area contributed by atoms with E-state index in [9.17, 15) is 0 Å². The highest BCUT2D eigenvalue weighted by Crippen LogP contribution is 2.21. The molecule has 0 unspecified atom stereocenters. The Morgan fingerprint density at radius 3 is 2.89 bits per heavy atom. The molecule has 0 aliphatic rings. The van der Waals surface area contributed by atoms with Crippen molar-refractivity contribution in [1.29, 1.82) is 5.26 Å². The van der Waals surface area contributed by atoms with Crippen molar-refractivity contribution in [3.63, 3.8) is 0 Å². The molecular weight excluding hydrogens is 224 g/mol. The molecule has 0 spiro atoms. The zero-order valence-electron chi connectivity index (χ0n) is 10.5. The van der Waals surface area contributed by atoms with Crippen molar-refractivity contribution in [2.45, 2.75) is 26.2 Å². The number of aromatic nitrogens is 1. The lowest BCUT2D eigenvalue weighted by atomic mass is 10.1. The lowest BCUT2D eigenvalue weighted by Gasteiger charge is -2.07. The zero-order valence-corrected chi connectivity index (χ0v) is 10.5. The second-order valence-electron chi connectivity index (χ2n) is 4.19. The normalized spacial score (nSPS) is 10.2. The van der Waals surface area contributed by atoms with Crippen LogP contribution in [0.4, 0.5) is 0 Å². The summed E-state index contributed by atoms with van der Waals surface area (Å²) in [5, 5.41) is 10.0. The van der Waals surface area contributed by atoms with Crippen LogP contribution in [-0.2, 0) is 0 Å². The summed E-state index contributed by atoms with van der Waals surface area (Å²) in [4.78, 5) is 4.41. The van der Waals surface area contributed by atoms with Gasteiger partial charge < -0.3 is 4.74 Å². The Bertz CT molecular complexity index is 572. The molecule has 0 bridgehead atoms. The van der Waals surface area contributed by atoms with Crippen molar-refractivity contribution in [2.24, 2.45) is 0 Å². The summed E-state index contributed by atoms with van der Waals surface area (Å²) < 4.78 is 5.60. The number of unbranched alkanes of at least 4 members (excludes halogenated alkanes) is 2. The predicted molar refractivity (Wildman–Crippen MR) is 71.5 cm³/mol. The summed E-state index contributed by atoms with van der Waals surface area (Å²) in [6.07, 6.45) is 3.34. The van der Waals surface area contributed by atoms with E-state index in [1.807, 2.05) is 24.3 Å². The molecule has 0 amide bonds. The molecule has 0 saturated carbocycles. The van der Waals surface area contributed by atoms with Gasteiger partial charge in [-0.3, -0.25) is 0 Å². The third-order valence-corrected chi connectivity index (χ3v) is 2.81. The van der Waals surface area contributed by atoms with E-state index >= 15 is 0 Å². The molecule has 1 heterocycles. The van der Waals surface area contributed by atoms with E-state index in [0.29, 0.717) is 18.1 Å². The quantitative estimate of drug-likeness (QED) is 0.749. The van der Waals surface area contributed by atoms with E-state index in [0.717, 1.165) is 30.2 Å². The van der Waals surface area contributed by atoms with Gasteiger partial charge in [-0.15, -0.1) is 0 Å². The van der Waals surface area contributed by atoms with E-state index in [1.165, 1.54) is 0 Å². The van der Waals surface area contributed by atoms with Gasteiger partial charge in [-0.1, -0.05) is 38.0 Å². The van der Waals surface area contributed by atoms with E-state index in [2.05, 4.69) is 18.0 Å². The molecule has 92 valence electrons. The minimum Gasteiger partial charge on any atom is -0.478 e. The number of hydrogen-bond acceptors (Lipinski definition) is 3. The average Bonchev–Trinajstić information content (AvgIpc) is 2.42. The molecule has 0 fully saturated rings. The van der Waals surface area contributed by atoms with E-state index < -0.39 is 0 Å². The highest BCUT2D eigenvalue weighted by atomic mass is 16.5. The van der Waals surface area contributed by atoms with Crippen molar-refractivity contribution in [1.82, 2.24) is 4.98 Å². The summed E-state index contributed by atoms with van der Waals surface area (Å²) in [5.74, 6) is 0.543. The maximum Gasteiger partial charge on any atom is 0.215 e. The third kappa shape index (κ3) is 2.78. The third-order valence-electron chi connectivity index (χ3n) is 2.81. The molecule has 2 rings (SSSR count). The fourth-order valence-corrected chi connectivity index (χ4v) is 1.85. The van der Waals surface area contributed by atoms with Gasteiger partial charge in [0.2, 0.25) is 5.88 Å². The molecular formula is C15H16N2O. The number of hydrogen-bond donors (Lipinski definition) is 0. The number of pyridine rings is 1. The van der Waals surface area contributed by atoms with Crippen LogP contribution in [0.5, 0.6) is 5.88 Å². The van der Waals surface area contributed by atoms with Crippen LogP contribution in [0.15, 0.2) is 30.3 Å². The smallest absolute Gasteiger partial charge is 0.215 e. The van der Waals surface area contributed by atoms with Crippen LogP contribution in [-0.4, -0.2) is 11.6 Å². The second-order valence-corrected chi connectivity index (χ2v) is 4.19. The maximum atomic E-state index is 9.14. The Labute approximate surface area is 107 Å². The molecule has 0 aliphatic heterocycles. The van der Waals surface area contributed by atoms with Gasteiger partial charge in [-0.2, -0.15) is 5.26 Å². The van der Waals surface area contributed by atoms with E-state index in [-0.39, 0.29) is 0 Å². The highest BCUT2D eigenvalue weighted by Gasteiger charge is 2.05. The zero-order chi connectivity index (χ0) is 12.8. The highest BCUT2D eigenvalue weighted by molar-refractivity contribution is 5.85. The molecule has 0 saturated heterocycles. The summed E-state index contributed by atoms with van der Waals surface area (Å²) in [5.41, 5.74) is 1.42. The minimum atomic E-state index is 0.543. The number of fused-ring (bicyclic) bond motifs is 1. The van der Waals surface area contributed by atoms with Crippen LogP contribution in [0.2, 0.25) is 0 Å². The molecule has 1 aromatic heterocycles. The standard InChI is InChI=1S/C15H16N2O/c1-2-3-6-9-18-15-10-12(11-16)13-7-4-5-8-14(13)17-15/h4-5,7-8,10H,2-3,6,9H2,1H3. The largest absolute Gasteiger partial charge is 0.478 e. The first kappa shape index (κ1) is 12.4. The molecule has 3 nitrogen and oxygen atoms in total. The van der Waals surface area contributed by atoms with Gasteiger partial charge in [0, 0.05) is 11.5 Å². The van der Waals surface area contributed by atoms with Crippen molar-refractivity contribution in [3.05, 3.63) is 35.9 Å². The molecule has 3 heteroatoms. The SMILES string of the molecule is CCCCCOc1cc(C#N)c2ccccc2n1. The summed E-state index contributed by atoms with van der Waals surface area (Å²) >= 11 is 0. The van der Waals surface area contributed by atoms with Gasteiger partial charge in [0.1, 0.15) is 6.07 Å². The van der Waals surface area contributed by atoms with Crippen molar-refractivity contribution in [2.75, 3.05) is 6.61 Å². The van der Waals surface area contributed by atoms with Crippen LogP contribution in [0.1, 0.15) is 31.7 Å². The first-order chi connectivity index (χ1) is 8.85. The van der Waals surface area contributed by atoms with Crippen molar-refractivity contribution >= 4 is 10.9 Å². The minimum absolute atomic E-state index is 0.543. The average molecular weight is 240 g/mol. The van der Waals surface area contributed by atoms with Gasteiger partial charge in [0.05, 0.1) is 17.7 Å². The Hall–Kier alpha value is -2.08. The fraction of sp³-hybridized carbons (Fsp3) is 0.333. The molecule has 0 radical (unpaired) electrons. The van der Waals surface area contributed by atoms with Gasteiger partial charge >= 0.3 is 0 Å². The Morgan fingerprint density at radius 2 is 2.11 bits per heavy atom. The Balaban J connectivity index is 2.22. The number of benzene rings is 1. The summed E-state index contributed by atoms with van der Waals surface area (Å²) in [6.45, 7) is 2.81. The van der Waals surface area contributed by atoms with Crippen LogP contribution in [0.25, 0.3) is 10.9 Å². The molecule has 18 heavy (non-hydrogen) atoms. The van der Waals surface area contributed by atoms with Gasteiger partial charge in [-0.25, -0.2) is 4.98 Å². The summed E-state index contributed by atoms with van der Waals surface area (Å²) in [6, 6.07) is 11.5. The van der Waals surface area contributed by atoms with Crippen LogP contribution < -0.4 is 4.74 Å². The lowest BCUT2D eigenvalue weighted by molar-refractivity contribution is 0.296. The maximum absolute atomic E-state index is 9.14. The summed E-state index contributed by atoms with van der Waals surface area (Å²) in [7, 11) is 0. The molecule has 1 aromatic carbocycles. The van der Waals surface area contributed by atoms with Crippen LogP contribution in [0, 0.1) is 11.3 Å². The van der Waals surface area contributed by atoms with Gasteiger partial charge in [0.25, 0.3) is 0 Å². The number of rotatable bonds is 5. The monoisotopic (exact) mass is 240 g/mol. The van der Waals surface area contributed by atoms with Gasteiger partial charge in [-0.05, 0) is 12.5 Å². The lowest BCUT2D eigenvalue weighted by Crippen LogP contribution is -1.99. The Kier molecular flexibility index (Phi) is 4.14. The second kappa shape index (κ2) is 6.02. The molecule has 0 aliphatic carbocycles. The molecule has 0 atom stereocenters. The number of ether oxygens (including phenoxy) is 1. The number of para-hydroxylation sites is 1. The van der Waals surface area contributed by atoms with Crippen LogP contribution >= 0.6 is 0 Å². The van der Waals surface area contributed by atoms with E-state index in [1.54, 1.807) is 6.07 Å². The predicted octanol–water partition coefficient (Wildman–Crippen LogP) is 3.68. The van der Waals surface area contributed by atoms with Gasteiger partial charge in [0.15, 0.2) is 0 Å². The fourth-order valence-electron chi connectivity index (χ4n) is 1.85. The van der Waals surface area contributed by atoms with Crippen molar-refractivity contribution < 1.29 is 4.74 Å². The number of nitriles is 1. The molecule has 2 aromatic rings. The molecule has 0 N–H and O–H groups in total. The Morgan fingerprint density at radius 1 is 1.28 bits per heavy atom. The van der Waals surface area contributed by atoms with Crippen LogP contribution in [0.3, 0.4) is 0 Å².